The van der Waals surface area contributed by atoms with Crippen molar-refractivity contribution in [3.63, 3.8) is 0 Å². The normalized spacial score (nSPS) is 8.38. The van der Waals surface area contributed by atoms with Crippen LogP contribution in [0, 0.1) is 5.92 Å². The number of hydrogen-bond acceptors (Lipinski definition) is 1. The quantitative estimate of drug-likeness (QED) is 0.492. The van der Waals surface area contributed by atoms with Crippen molar-refractivity contribution in [2.75, 3.05) is 0 Å². The summed E-state index contributed by atoms with van der Waals surface area (Å²) in [5, 5.41) is 1.30. The number of rotatable bonds is 3. The maximum Gasteiger partial charge on any atom is 0.391 e. The molecule has 2 N–H and O–H groups in total. The zero-order valence-electron chi connectivity index (χ0n) is 5.77. The molecule has 8 heavy (non-hydrogen) atoms. The summed E-state index contributed by atoms with van der Waals surface area (Å²) < 4.78 is 5.07. The van der Waals surface area contributed by atoms with E-state index in [1.807, 2.05) is 0 Å². The van der Waals surface area contributed by atoms with Gasteiger partial charge in [-0.25, -0.2) is 0 Å². The maximum absolute atomic E-state index is 5.07. The Kier molecular flexibility index (Phi) is 11.7. The third-order valence-corrected chi connectivity index (χ3v) is 3.20. The lowest BCUT2D eigenvalue weighted by Crippen LogP contribution is -1.98. The molecule has 0 aliphatic rings. The van der Waals surface area contributed by atoms with Gasteiger partial charge in [-0.3, -0.25) is 0 Å². The van der Waals surface area contributed by atoms with E-state index in [1.165, 1.54) is 5.28 Å². The lowest BCUT2D eigenvalue weighted by atomic mass is 10.3. The van der Waals surface area contributed by atoms with Crippen LogP contribution in [0.1, 0.15) is 13.8 Å². The standard InChI is InChI=1S/C4H9.2Al.H2O.O.2H/c1-4(2)3;;;;;;/h4H,1H2,2-3H3;;;1H2;;;. The van der Waals surface area contributed by atoms with E-state index in [2.05, 4.69) is 13.8 Å². The average molecular weight is 147 g/mol. The molecule has 0 fully saturated rings. The lowest BCUT2D eigenvalue weighted by Gasteiger charge is -1.98. The van der Waals surface area contributed by atoms with Gasteiger partial charge in [0.1, 0.15) is 0 Å². The van der Waals surface area contributed by atoms with Crippen molar-refractivity contribution in [2.45, 2.75) is 19.1 Å². The molecular formula is C4H13Al2O2. The molecule has 0 aliphatic carbocycles. The molecule has 0 aromatic rings. The fraction of sp³-hybridized carbons (Fsp3) is 1.00. The Labute approximate surface area is 65.7 Å². The monoisotopic (exact) mass is 147 g/mol. The molecule has 0 spiro atoms. The van der Waals surface area contributed by atoms with Crippen LogP contribution in [-0.4, -0.2) is 37.7 Å². The smallest absolute Gasteiger partial charge is 0.391 e. The van der Waals surface area contributed by atoms with Crippen molar-refractivity contribution >= 4 is 32.2 Å². The van der Waals surface area contributed by atoms with Gasteiger partial charge < -0.3 is 8.32 Å². The summed E-state index contributed by atoms with van der Waals surface area (Å²) in [6, 6.07) is 0. The largest absolute Gasteiger partial charge is 0.648 e. The maximum atomic E-state index is 5.07. The van der Waals surface area contributed by atoms with E-state index in [0.717, 1.165) is 22.5 Å². The van der Waals surface area contributed by atoms with Crippen LogP contribution in [0.5, 0.6) is 0 Å². The third kappa shape index (κ3) is 10.1. The summed E-state index contributed by atoms with van der Waals surface area (Å²) in [6.07, 6.45) is 0. The molecule has 0 aliphatic heterocycles. The third-order valence-electron chi connectivity index (χ3n) is 0.734. The molecule has 47 valence electrons. The zero-order chi connectivity index (χ0) is 5.70. The van der Waals surface area contributed by atoms with Crippen molar-refractivity contribution in [1.82, 2.24) is 0 Å². The SMILES string of the molecule is CC(C)[CH2][Al][O][AlH2].O. The first kappa shape index (κ1) is 11.7. The minimum Gasteiger partial charge on any atom is -0.648 e. The molecule has 4 heteroatoms. The van der Waals surface area contributed by atoms with Crippen molar-refractivity contribution in [1.29, 1.82) is 0 Å². The van der Waals surface area contributed by atoms with Crippen molar-refractivity contribution in [3.8, 4) is 0 Å². The molecule has 2 nitrogen and oxygen atoms in total. The van der Waals surface area contributed by atoms with E-state index in [4.69, 9.17) is 2.84 Å². The Morgan fingerprint density at radius 2 is 2.12 bits per heavy atom. The molecule has 0 heterocycles. The first-order valence-corrected chi connectivity index (χ1v) is 4.72. The molecule has 0 aromatic carbocycles. The van der Waals surface area contributed by atoms with Gasteiger partial charge in [0.25, 0.3) is 0 Å². The van der Waals surface area contributed by atoms with E-state index in [0.29, 0.717) is 15.6 Å². The molecule has 0 amide bonds. The molecule has 0 unspecified atom stereocenters. The molecule has 0 aromatic heterocycles. The van der Waals surface area contributed by atoms with Gasteiger partial charge in [0.15, 0.2) is 0 Å². The highest BCUT2D eigenvalue weighted by atomic mass is 27.2. The molecule has 0 rings (SSSR count). The molecule has 0 atom stereocenters. The Morgan fingerprint density at radius 3 is 2.25 bits per heavy atom. The molecule has 1 radical (unpaired) electrons. The van der Waals surface area contributed by atoms with Crippen LogP contribution in [-0.2, 0) is 2.84 Å². The lowest BCUT2D eigenvalue weighted by molar-refractivity contribution is 0.625. The summed E-state index contributed by atoms with van der Waals surface area (Å²) in [7, 11) is 0. The first-order valence-electron chi connectivity index (χ1n) is 2.62. The molecule has 0 bridgehead atoms. The van der Waals surface area contributed by atoms with E-state index >= 15 is 0 Å². The summed E-state index contributed by atoms with van der Waals surface area (Å²) in [4.78, 5) is 0. The minimum absolute atomic E-state index is 0. The molecule has 0 saturated heterocycles. The van der Waals surface area contributed by atoms with Gasteiger partial charge in [-0.2, -0.15) is 0 Å². The molecule has 0 saturated carbocycles. The first-order chi connectivity index (χ1) is 3.27. The second-order valence-corrected chi connectivity index (χ2v) is 4.72. The second kappa shape index (κ2) is 7.98. The Hall–Kier alpha value is 0.985. The highest BCUT2D eigenvalue weighted by Crippen LogP contribution is 1.96. The Balaban J connectivity index is 0. The fourth-order valence-electron chi connectivity index (χ4n) is 0.289. The second-order valence-electron chi connectivity index (χ2n) is 2.03. The van der Waals surface area contributed by atoms with Crippen LogP contribution in [0.15, 0.2) is 0 Å². The van der Waals surface area contributed by atoms with Crippen molar-refractivity contribution in [3.05, 3.63) is 0 Å². The predicted molar refractivity (Wildman–Crippen MR) is 38.6 cm³/mol. The van der Waals surface area contributed by atoms with Crippen LogP contribution in [0.4, 0.5) is 0 Å². The Morgan fingerprint density at radius 1 is 1.62 bits per heavy atom. The van der Waals surface area contributed by atoms with Crippen LogP contribution in [0.3, 0.4) is 0 Å². The average Bonchev–Trinajstić information content (AvgIpc) is 1.61. The van der Waals surface area contributed by atoms with Crippen LogP contribution >= 0.6 is 0 Å². The summed E-state index contributed by atoms with van der Waals surface area (Å²) in [5.41, 5.74) is 0. The summed E-state index contributed by atoms with van der Waals surface area (Å²) in [6.45, 7) is 4.46. The fourth-order valence-corrected chi connectivity index (χ4v) is 1.44. The van der Waals surface area contributed by atoms with Gasteiger partial charge in [0, 0.05) is 0 Å². The molecular weight excluding hydrogens is 134 g/mol. The predicted octanol–water partition coefficient (Wildman–Crippen LogP) is -0.580. The highest BCUT2D eigenvalue weighted by molar-refractivity contribution is 6.34. The van der Waals surface area contributed by atoms with Crippen molar-refractivity contribution < 1.29 is 8.32 Å². The van der Waals surface area contributed by atoms with Gasteiger partial charge >= 0.3 is 32.2 Å². The van der Waals surface area contributed by atoms with Gasteiger partial charge in [0.05, 0.1) is 0 Å². The van der Waals surface area contributed by atoms with E-state index < -0.39 is 0 Å². The topological polar surface area (TPSA) is 40.7 Å². The van der Waals surface area contributed by atoms with Gasteiger partial charge in [0.2, 0.25) is 0 Å². The van der Waals surface area contributed by atoms with Crippen LogP contribution in [0.25, 0.3) is 0 Å². The zero-order valence-corrected chi connectivity index (χ0v) is 8.92. The van der Waals surface area contributed by atoms with E-state index in [1.54, 1.807) is 0 Å². The van der Waals surface area contributed by atoms with E-state index in [9.17, 15) is 0 Å². The van der Waals surface area contributed by atoms with Crippen molar-refractivity contribution in [2.24, 2.45) is 5.92 Å². The summed E-state index contributed by atoms with van der Waals surface area (Å²) >= 11 is 1.28. The van der Waals surface area contributed by atoms with Gasteiger partial charge in [-0.05, 0) is 0 Å². The van der Waals surface area contributed by atoms with Crippen LogP contribution < -0.4 is 0 Å². The highest BCUT2D eigenvalue weighted by Gasteiger charge is 1.93. The van der Waals surface area contributed by atoms with Gasteiger partial charge in [-0.15, -0.1) is 0 Å². The van der Waals surface area contributed by atoms with Gasteiger partial charge in [-0.1, -0.05) is 25.0 Å². The van der Waals surface area contributed by atoms with Crippen LogP contribution in [0.2, 0.25) is 5.28 Å². The number of hydrogen-bond donors (Lipinski definition) is 0. The Bertz CT molecular complexity index is 41.0. The summed E-state index contributed by atoms with van der Waals surface area (Å²) in [5.74, 6) is 0.837. The van der Waals surface area contributed by atoms with E-state index in [-0.39, 0.29) is 5.48 Å². The minimum atomic E-state index is 0.